The van der Waals surface area contributed by atoms with Gasteiger partial charge in [0.05, 0.1) is 0 Å². The van der Waals surface area contributed by atoms with Gasteiger partial charge in [-0.15, -0.1) is 0 Å². The van der Waals surface area contributed by atoms with Crippen molar-refractivity contribution in [2.45, 2.75) is 31.5 Å². The molecule has 2 fully saturated rings. The molecule has 2 aliphatic rings. The number of nitrogens with zero attached hydrogens (tertiary/aromatic N) is 1. The number of ether oxygens (including phenoxy) is 1. The zero-order valence-electron chi connectivity index (χ0n) is 14.7. The molecule has 0 spiro atoms. The first-order valence-electron chi connectivity index (χ1n) is 8.94. The summed E-state index contributed by atoms with van der Waals surface area (Å²) in [6, 6.07) is 11.9. The quantitative estimate of drug-likeness (QED) is 0.814. The average molecular weight is 390 g/mol. The predicted octanol–water partition coefficient (Wildman–Crippen LogP) is 4.80. The van der Waals surface area contributed by atoms with Crippen LogP contribution in [0.1, 0.15) is 18.4 Å². The van der Waals surface area contributed by atoms with E-state index in [-0.39, 0.29) is 30.1 Å². The highest BCUT2D eigenvalue weighted by Crippen LogP contribution is 2.40. The van der Waals surface area contributed by atoms with Gasteiger partial charge in [-0.2, -0.15) is 11.8 Å². The number of nitrogens with one attached hydrogen (secondary N) is 1. The Kier molecular flexibility index (Phi) is 5.20. The van der Waals surface area contributed by atoms with Gasteiger partial charge in [0.1, 0.15) is 12.3 Å². The Morgan fingerprint density at radius 1 is 1.11 bits per heavy atom. The van der Waals surface area contributed by atoms with E-state index in [1.54, 1.807) is 0 Å². The summed E-state index contributed by atoms with van der Waals surface area (Å²) in [6.07, 6.45) is 1.17. The Balaban J connectivity index is 1.45. The Morgan fingerprint density at radius 3 is 2.37 bits per heavy atom. The molecule has 0 radical (unpaired) electrons. The van der Waals surface area contributed by atoms with Gasteiger partial charge in [-0.05, 0) is 30.5 Å². The maximum Gasteiger partial charge on any atom is 0.411 e. The maximum atomic E-state index is 14.7. The fourth-order valence-corrected chi connectivity index (χ4v) is 5.09. The van der Waals surface area contributed by atoms with E-state index in [0.29, 0.717) is 0 Å². The van der Waals surface area contributed by atoms with Crippen molar-refractivity contribution < 1.29 is 18.3 Å². The van der Waals surface area contributed by atoms with Gasteiger partial charge in [0, 0.05) is 29.3 Å². The highest BCUT2D eigenvalue weighted by molar-refractivity contribution is 7.99. The SMILES string of the molecule is O=C(Nc1cc(F)c(N2C3CCC2CSC3)c(F)c1)OCc1ccccc1. The van der Waals surface area contributed by atoms with E-state index in [9.17, 15) is 13.6 Å². The van der Waals surface area contributed by atoms with Gasteiger partial charge in [-0.1, -0.05) is 30.3 Å². The second-order valence-electron chi connectivity index (χ2n) is 6.80. The van der Waals surface area contributed by atoms with Gasteiger partial charge in [-0.25, -0.2) is 13.6 Å². The van der Waals surface area contributed by atoms with Gasteiger partial charge in [0.25, 0.3) is 0 Å². The van der Waals surface area contributed by atoms with E-state index >= 15 is 0 Å². The molecule has 2 unspecified atom stereocenters. The number of amides is 1. The van der Waals surface area contributed by atoms with Crippen LogP contribution < -0.4 is 10.2 Å². The molecule has 1 amide bonds. The number of thioether (sulfide) groups is 1. The lowest BCUT2D eigenvalue weighted by Gasteiger charge is -2.36. The van der Waals surface area contributed by atoms with Crippen LogP contribution in [0.4, 0.5) is 25.0 Å². The lowest BCUT2D eigenvalue weighted by atomic mass is 10.2. The van der Waals surface area contributed by atoms with Gasteiger partial charge < -0.3 is 9.64 Å². The van der Waals surface area contributed by atoms with Crippen LogP contribution in [0.15, 0.2) is 42.5 Å². The molecular formula is C20H20F2N2O2S. The van der Waals surface area contributed by atoms with Gasteiger partial charge in [0.15, 0.2) is 11.6 Å². The van der Waals surface area contributed by atoms with Crippen LogP contribution in [-0.4, -0.2) is 29.7 Å². The fraction of sp³-hybridized carbons (Fsp3) is 0.350. The molecule has 4 rings (SSSR count). The number of halogens is 2. The molecule has 2 heterocycles. The third kappa shape index (κ3) is 3.88. The van der Waals surface area contributed by atoms with Crippen LogP contribution in [0.25, 0.3) is 0 Å². The molecule has 2 aromatic carbocycles. The molecule has 1 N–H and O–H groups in total. The summed E-state index contributed by atoms with van der Waals surface area (Å²) in [4.78, 5) is 13.8. The monoisotopic (exact) mass is 390 g/mol. The van der Waals surface area contributed by atoms with Crippen molar-refractivity contribution in [2.24, 2.45) is 0 Å². The van der Waals surface area contributed by atoms with Crippen LogP contribution in [-0.2, 0) is 11.3 Å². The summed E-state index contributed by atoms with van der Waals surface area (Å²) in [6.45, 7) is 0.0878. The van der Waals surface area contributed by atoms with Crippen LogP contribution in [0.3, 0.4) is 0 Å². The highest BCUT2D eigenvalue weighted by Gasteiger charge is 2.39. The Morgan fingerprint density at radius 2 is 1.74 bits per heavy atom. The van der Waals surface area contributed by atoms with Crippen molar-refractivity contribution in [3.05, 3.63) is 59.7 Å². The van der Waals surface area contributed by atoms with Crippen molar-refractivity contribution in [2.75, 3.05) is 21.7 Å². The van der Waals surface area contributed by atoms with Crippen molar-refractivity contribution >= 4 is 29.2 Å². The summed E-state index contributed by atoms with van der Waals surface area (Å²) in [7, 11) is 0. The lowest BCUT2D eigenvalue weighted by molar-refractivity contribution is 0.155. The molecule has 2 aliphatic heterocycles. The third-order valence-electron chi connectivity index (χ3n) is 4.97. The maximum absolute atomic E-state index is 14.7. The van der Waals surface area contributed by atoms with Crippen LogP contribution in [0.2, 0.25) is 0 Å². The largest absolute Gasteiger partial charge is 0.444 e. The number of rotatable bonds is 4. The second kappa shape index (κ2) is 7.76. The fourth-order valence-electron chi connectivity index (χ4n) is 3.76. The number of carbonyl (C=O) groups excluding carboxylic acids is 1. The highest BCUT2D eigenvalue weighted by atomic mass is 32.2. The molecule has 0 aliphatic carbocycles. The molecule has 4 nitrogen and oxygen atoms in total. The topological polar surface area (TPSA) is 41.6 Å². The number of benzene rings is 2. The Labute approximate surface area is 160 Å². The number of hydrogen-bond acceptors (Lipinski definition) is 4. The molecule has 7 heteroatoms. The van der Waals surface area contributed by atoms with Crippen LogP contribution >= 0.6 is 11.8 Å². The van der Waals surface area contributed by atoms with E-state index in [2.05, 4.69) is 5.32 Å². The average Bonchev–Trinajstić information content (AvgIpc) is 2.88. The molecule has 2 atom stereocenters. The first-order chi connectivity index (χ1) is 13.1. The zero-order chi connectivity index (χ0) is 18.8. The molecule has 2 bridgehead atoms. The van der Waals surface area contributed by atoms with Crippen molar-refractivity contribution in [1.29, 1.82) is 0 Å². The summed E-state index contributed by atoms with van der Waals surface area (Å²) in [5, 5.41) is 2.40. The van der Waals surface area contributed by atoms with Gasteiger partial charge in [-0.3, -0.25) is 5.32 Å². The van der Waals surface area contributed by atoms with E-state index in [1.807, 2.05) is 47.0 Å². The molecule has 2 saturated heterocycles. The minimum Gasteiger partial charge on any atom is -0.444 e. The van der Waals surface area contributed by atoms with Gasteiger partial charge >= 0.3 is 6.09 Å². The van der Waals surface area contributed by atoms with Gasteiger partial charge in [0.2, 0.25) is 0 Å². The normalized spacial score (nSPS) is 21.2. The molecular weight excluding hydrogens is 370 g/mol. The predicted molar refractivity (Wildman–Crippen MR) is 103 cm³/mol. The standard InChI is InChI=1S/C20H20F2N2O2S/c21-17-8-14(23-20(25)26-10-13-4-2-1-3-5-13)9-18(22)19(17)24-15-6-7-16(24)12-27-11-15/h1-5,8-9,15-16H,6-7,10-12H2,(H,23,25). The van der Waals surface area contributed by atoms with E-state index in [4.69, 9.17) is 4.74 Å². The Bertz CT molecular complexity index is 795. The van der Waals surface area contributed by atoms with E-state index in [1.165, 1.54) is 0 Å². The van der Waals surface area contributed by atoms with Crippen molar-refractivity contribution in [1.82, 2.24) is 0 Å². The lowest BCUT2D eigenvalue weighted by Crippen LogP contribution is -2.43. The number of anilines is 2. The molecule has 0 aromatic heterocycles. The third-order valence-corrected chi connectivity index (χ3v) is 6.22. The summed E-state index contributed by atoms with van der Waals surface area (Å²) < 4.78 is 34.5. The molecule has 142 valence electrons. The molecule has 0 saturated carbocycles. The van der Waals surface area contributed by atoms with E-state index in [0.717, 1.165) is 42.0 Å². The minimum atomic E-state index is -0.750. The zero-order valence-corrected chi connectivity index (χ0v) is 15.5. The van der Waals surface area contributed by atoms with Crippen molar-refractivity contribution in [3.63, 3.8) is 0 Å². The van der Waals surface area contributed by atoms with Crippen molar-refractivity contribution in [3.8, 4) is 0 Å². The summed E-state index contributed by atoms with van der Waals surface area (Å²) >= 11 is 1.84. The Hall–Kier alpha value is -2.28. The number of hydrogen-bond donors (Lipinski definition) is 1. The first-order valence-corrected chi connectivity index (χ1v) is 10.1. The smallest absolute Gasteiger partial charge is 0.411 e. The van der Waals surface area contributed by atoms with Crippen LogP contribution in [0.5, 0.6) is 0 Å². The number of fused-ring (bicyclic) bond motifs is 2. The minimum absolute atomic E-state index is 0.0194. The summed E-state index contributed by atoms with van der Waals surface area (Å²) in [5.41, 5.74) is 0.898. The molecule has 2 aromatic rings. The summed E-state index contributed by atoms with van der Waals surface area (Å²) in [5.74, 6) is 0.469. The molecule has 27 heavy (non-hydrogen) atoms. The van der Waals surface area contributed by atoms with Crippen LogP contribution in [0, 0.1) is 11.6 Å². The number of carbonyl (C=O) groups is 1. The van der Waals surface area contributed by atoms with E-state index < -0.39 is 17.7 Å². The second-order valence-corrected chi connectivity index (χ2v) is 7.88. The first kappa shape index (κ1) is 18.1.